The van der Waals surface area contributed by atoms with Crippen molar-refractivity contribution in [1.29, 1.82) is 5.26 Å². The van der Waals surface area contributed by atoms with Gasteiger partial charge in [0.2, 0.25) is 0 Å². The van der Waals surface area contributed by atoms with E-state index >= 15 is 0 Å². The molecule has 1 saturated carbocycles. The first-order valence-corrected chi connectivity index (χ1v) is 9.38. The molecule has 0 aliphatic heterocycles. The molecule has 140 valence electrons. The van der Waals surface area contributed by atoms with E-state index in [9.17, 15) is 4.79 Å². The Morgan fingerprint density at radius 1 is 1.26 bits per heavy atom. The van der Waals surface area contributed by atoms with Crippen LogP contribution in [-0.4, -0.2) is 28.0 Å². The highest BCUT2D eigenvalue weighted by molar-refractivity contribution is 5.92. The highest BCUT2D eigenvalue weighted by Gasteiger charge is 2.24. The average Bonchev–Trinajstić information content (AvgIpc) is 2.69. The minimum absolute atomic E-state index is 0.132. The van der Waals surface area contributed by atoms with Crippen molar-refractivity contribution in [2.75, 3.05) is 0 Å². The minimum Gasteiger partial charge on any atom is -0.490 e. The molecule has 1 aromatic carbocycles. The molecular weight excluding hydrogens is 340 g/mol. The van der Waals surface area contributed by atoms with Gasteiger partial charge in [-0.25, -0.2) is 4.98 Å². The van der Waals surface area contributed by atoms with Crippen LogP contribution in [0.25, 0.3) is 0 Å². The quantitative estimate of drug-likeness (QED) is 0.879. The third-order valence-electron chi connectivity index (χ3n) is 4.93. The number of aromatic nitrogens is 2. The van der Waals surface area contributed by atoms with Crippen molar-refractivity contribution in [3.05, 3.63) is 53.1 Å². The SMILES string of the molecule is CCc1cnc(C(=O)NC2CCC(Oc3ccc(C#N)c(C)c3)CC2)cn1. The molecule has 6 nitrogen and oxygen atoms in total. The fourth-order valence-electron chi connectivity index (χ4n) is 3.27. The molecule has 1 N–H and O–H groups in total. The van der Waals surface area contributed by atoms with Crippen molar-refractivity contribution in [1.82, 2.24) is 15.3 Å². The molecule has 27 heavy (non-hydrogen) atoms. The summed E-state index contributed by atoms with van der Waals surface area (Å²) in [4.78, 5) is 20.7. The van der Waals surface area contributed by atoms with Gasteiger partial charge in [0.25, 0.3) is 5.91 Å². The van der Waals surface area contributed by atoms with Crippen LogP contribution in [0.4, 0.5) is 0 Å². The van der Waals surface area contributed by atoms with Crippen LogP contribution < -0.4 is 10.1 Å². The fourth-order valence-corrected chi connectivity index (χ4v) is 3.27. The summed E-state index contributed by atoms with van der Waals surface area (Å²) < 4.78 is 6.05. The van der Waals surface area contributed by atoms with Crippen LogP contribution in [0.1, 0.15) is 59.9 Å². The van der Waals surface area contributed by atoms with Crippen molar-refractivity contribution in [3.8, 4) is 11.8 Å². The molecule has 0 saturated heterocycles. The Kier molecular flexibility index (Phi) is 6.02. The van der Waals surface area contributed by atoms with Gasteiger partial charge in [0.15, 0.2) is 0 Å². The van der Waals surface area contributed by atoms with Gasteiger partial charge >= 0.3 is 0 Å². The number of benzene rings is 1. The number of aryl methyl sites for hydroxylation is 2. The number of rotatable bonds is 5. The summed E-state index contributed by atoms with van der Waals surface area (Å²) in [7, 11) is 0. The van der Waals surface area contributed by atoms with Crippen LogP contribution >= 0.6 is 0 Å². The van der Waals surface area contributed by atoms with E-state index in [4.69, 9.17) is 10.00 Å². The molecule has 2 aromatic rings. The van der Waals surface area contributed by atoms with E-state index in [2.05, 4.69) is 21.4 Å². The molecule has 1 aliphatic carbocycles. The maximum Gasteiger partial charge on any atom is 0.271 e. The summed E-state index contributed by atoms with van der Waals surface area (Å²) in [6.07, 6.45) is 7.62. The Morgan fingerprint density at radius 2 is 2.04 bits per heavy atom. The van der Waals surface area contributed by atoms with Crippen LogP contribution in [0.2, 0.25) is 0 Å². The van der Waals surface area contributed by atoms with E-state index in [1.54, 1.807) is 12.3 Å². The predicted octanol–water partition coefficient (Wildman–Crippen LogP) is 3.34. The van der Waals surface area contributed by atoms with Gasteiger partial charge in [-0.1, -0.05) is 6.92 Å². The summed E-state index contributed by atoms with van der Waals surface area (Å²) in [5, 5.41) is 12.1. The molecular formula is C21H24N4O2. The van der Waals surface area contributed by atoms with E-state index < -0.39 is 0 Å². The van der Waals surface area contributed by atoms with E-state index in [1.165, 1.54) is 6.20 Å². The van der Waals surface area contributed by atoms with Crippen molar-refractivity contribution in [2.45, 2.75) is 58.1 Å². The third kappa shape index (κ3) is 4.82. The topological polar surface area (TPSA) is 87.9 Å². The van der Waals surface area contributed by atoms with Gasteiger partial charge in [0.05, 0.1) is 29.6 Å². The summed E-state index contributed by atoms with van der Waals surface area (Å²) in [6.45, 7) is 3.91. The molecule has 0 radical (unpaired) electrons. The van der Waals surface area contributed by atoms with Gasteiger partial charge in [-0.3, -0.25) is 9.78 Å². The number of nitrogens with zero attached hydrogens (tertiary/aromatic N) is 3. The molecule has 3 rings (SSSR count). The molecule has 0 atom stereocenters. The Labute approximate surface area is 159 Å². The number of carbonyl (C=O) groups excluding carboxylic acids is 1. The van der Waals surface area contributed by atoms with Gasteiger partial charge in [-0.05, 0) is 62.8 Å². The highest BCUT2D eigenvalue weighted by atomic mass is 16.5. The molecule has 1 aliphatic rings. The number of hydrogen-bond donors (Lipinski definition) is 1. The zero-order valence-electron chi connectivity index (χ0n) is 15.7. The van der Waals surface area contributed by atoms with E-state index in [0.717, 1.165) is 49.1 Å². The standard InChI is InChI=1S/C21H24N4O2/c1-3-16-12-24-20(13-23-16)21(26)25-17-5-8-18(9-6-17)27-19-7-4-15(11-22)14(2)10-19/h4,7,10,12-13,17-18H,3,5-6,8-9H2,1-2H3,(H,25,26). The zero-order chi connectivity index (χ0) is 19.2. The number of hydrogen-bond acceptors (Lipinski definition) is 5. The normalized spacial score (nSPS) is 19.1. The van der Waals surface area contributed by atoms with Crippen LogP contribution in [0.15, 0.2) is 30.6 Å². The predicted molar refractivity (Wildman–Crippen MR) is 101 cm³/mol. The number of nitriles is 1. The average molecular weight is 364 g/mol. The van der Waals surface area contributed by atoms with Crippen molar-refractivity contribution in [3.63, 3.8) is 0 Å². The van der Waals surface area contributed by atoms with Crippen LogP contribution in [0.5, 0.6) is 5.75 Å². The molecule has 1 fully saturated rings. The third-order valence-corrected chi connectivity index (χ3v) is 4.93. The second-order valence-corrected chi connectivity index (χ2v) is 6.90. The van der Waals surface area contributed by atoms with Gasteiger partial charge in [0.1, 0.15) is 11.4 Å². The highest BCUT2D eigenvalue weighted by Crippen LogP contribution is 2.25. The van der Waals surface area contributed by atoms with Crippen molar-refractivity contribution >= 4 is 5.91 Å². The lowest BCUT2D eigenvalue weighted by Crippen LogP contribution is -2.40. The Hall–Kier alpha value is -2.94. The van der Waals surface area contributed by atoms with Gasteiger partial charge < -0.3 is 10.1 Å². The van der Waals surface area contributed by atoms with E-state index in [0.29, 0.717) is 11.3 Å². The molecule has 0 bridgehead atoms. The first-order valence-electron chi connectivity index (χ1n) is 9.38. The molecule has 1 aromatic heterocycles. The fraction of sp³-hybridized carbons (Fsp3) is 0.429. The van der Waals surface area contributed by atoms with Gasteiger partial charge in [0, 0.05) is 12.2 Å². The van der Waals surface area contributed by atoms with Crippen LogP contribution in [0, 0.1) is 18.3 Å². The first kappa shape index (κ1) is 18.8. The molecule has 1 amide bonds. The lowest BCUT2D eigenvalue weighted by atomic mass is 9.92. The lowest BCUT2D eigenvalue weighted by molar-refractivity contribution is 0.0888. The Morgan fingerprint density at radius 3 is 2.63 bits per heavy atom. The van der Waals surface area contributed by atoms with Crippen LogP contribution in [-0.2, 0) is 6.42 Å². The smallest absolute Gasteiger partial charge is 0.271 e. The summed E-state index contributed by atoms with van der Waals surface area (Å²) >= 11 is 0. The molecule has 0 spiro atoms. The van der Waals surface area contributed by atoms with Crippen molar-refractivity contribution < 1.29 is 9.53 Å². The second-order valence-electron chi connectivity index (χ2n) is 6.90. The number of amides is 1. The molecule has 1 heterocycles. The molecule has 6 heteroatoms. The van der Waals surface area contributed by atoms with E-state index in [-0.39, 0.29) is 18.1 Å². The lowest BCUT2D eigenvalue weighted by Gasteiger charge is -2.29. The van der Waals surface area contributed by atoms with Gasteiger partial charge in [-0.15, -0.1) is 0 Å². The molecule has 0 unspecified atom stereocenters. The maximum atomic E-state index is 12.3. The number of carbonyl (C=O) groups is 1. The summed E-state index contributed by atoms with van der Waals surface area (Å²) in [5.41, 5.74) is 2.83. The largest absolute Gasteiger partial charge is 0.490 e. The monoisotopic (exact) mass is 364 g/mol. The number of ether oxygens (including phenoxy) is 1. The Balaban J connectivity index is 1.49. The maximum absolute atomic E-state index is 12.3. The second kappa shape index (κ2) is 8.63. The van der Waals surface area contributed by atoms with Crippen molar-refractivity contribution in [2.24, 2.45) is 0 Å². The Bertz CT molecular complexity index is 834. The van der Waals surface area contributed by atoms with E-state index in [1.807, 2.05) is 26.0 Å². The summed E-state index contributed by atoms with van der Waals surface area (Å²) in [6, 6.07) is 7.84. The summed E-state index contributed by atoms with van der Waals surface area (Å²) in [5.74, 6) is 0.627. The van der Waals surface area contributed by atoms with Crippen LogP contribution in [0.3, 0.4) is 0 Å². The zero-order valence-corrected chi connectivity index (χ0v) is 15.7. The van der Waals surface area contributed by atoms with Gasteiger partial charge in [-0.2, -0.15) is 5.26 Å². The minimum atomic E-state index is -0.169. The first-order chi connectivity index (χ1) is 13.1. The number of nitrogens with one attached hydrogen (secondary N) is 1.